The fourth-order valence-electron chi connectivity index (χ4n) is 2.55. The van der Waals surface area contributed by atoms with Crippen LogP contribution in [0.25, 0.3) is 0 Å². The van der Waals surface area contributed by atoms with Gasteiger partial charge in [-0.15, -0.1) is 0 Å². The lowest BCUT2D eigenvalue weighted by molar-refractivity contribution is -0.110. The number of rotatable bonds is 2. The lowest BCUT2D eigenvalue weighted by atomic mass is 9.85. The normalized spacial score (nSPS) is 28.1. The van der Waals surface area contributed by atoms with E-state index in [4.69, 9.17) is 4.74 Å². The first kappa shape index (κ1) is 9.97. The molecule has 1 heteroatoms. The minimum atomic E-state index is -0.147. The number of allylic oxidation sites excluding steroid dienone is 2. The smallest absolute Gasteiger partial charge is 0.103 e. The zero-order valence-corrected chi connectivity index (χ0v) is 9.25. The van der Waals surface area contributed by atoms with Gasteiger partial charge in [0.2, 0.25) is 0 Å². The summed E-state index contributed by atoms with van der Waals surface area (Å²) in [5.41, 5.74) is -0.0435. The van der Waals surface area contributed by atoms with E-state index in [1.807, 2.05) is 0 Å². The molecule has 0 aliphatic heterocycles. The standard InChI is InChI=1S/C13H20O/c1-12(8-4-3-5-9-12)14-13(2)10-6-7-11-13/h6-7,10-11H,3-5,8-9H2,1-2H3. The van der Waals surface area contributed by atoms with E-state index in [9.17, 15) is 0 Å². The highest BCUT2D eigenvalue weighted by Gasteiger charge is 2.34. The highest BCUT2D eigenvalue weighted by molar-refractivity contribution is 5.26. The van der Waals surface area contributed by atoms with Crippen molar-refractivity contribution in [1.29, 1.82) is 0 Å². The first-order chi connectivity index (χ1) is 6.62. The molecule has 0 amide bonds. The summed E-state index contributed by atoms with van der Waals surface area (Å²) in [6, 6.07) is 0. The fourth-order valence-corrected chi connectivity index (χ4v) is 2.55. The largest absolute Gasteiger partial charge is 0.361 e. The fraction of sp³-hybridized carbons (Fsp3) is 0.692. The van der Waals surface area contributed by atoms with Gasteiger partial charge in [-0.05, 0) is 38.8 Å². The Labute approximate surface area is 86.8 Å². The Balaban J connectivity index is 2.01. The van der Waals surface area contributed by atoms with Crippen molar-refractivity contribution >= 4 is 0 Å². The van der Waals surface area contributed by atoms with Gasteiger partial charge in [0.25, 0.3) is 0 Å². The third-order valence-corrected chi connectivity index (χ3v) is 3.34. The molecule has 1 nitrogen and oxygen atoms in total. The molecule has 2 aliphatic carbocycles. The molecule has 0 saturated heterocycles. The van der Waals surface area contributed by atoms with Crippen LogP contribution in [0.5, 0.6) is 0 Å². The zero-order valence-electron chi connectivity index (χ0n) is 9.25. The molecule has 0 unspecified atom stereocenters. The first-order valence-corrected chi connectivity index (χ1v) is 5.69. The number of ether oxygens (including phenoxy) is 1. The third kappa shape index (κ3) is 2.09. The van der Waals surface area contributed by atoms with Crippen LogP contribution < -0.4 is 0 Å². The summed E-state index contributed by atoms with van der Waals surface area (Å²) < 4.78 is 6.25. The zero-order chi connectivity index (χ0) is 10.1. The van der Waals surface area contributed by atoms with Crippen LogP contribution in [0.15, 0.2) is 24.3 Å². The Bertz CT molecular complexity index is 244. The quantitative estimate of drug-likeness (QED) is 0.649. The van der Waals surface area contributed by atoms with Crippen LogP contribution >= 0.6 is 0 Å². The molecular weight excluding hydrogens is 172 g/mol. The average molecular weight is 192 g/mol. The molecule has 0 spiro atoms. The maximum absolute atomic E-state index is 6.25. The van der Waals surface area contributed by atoms with Gasteiger partial charge >= 0.3 is 0 Å². The molecule has 0 aromatic carbocycles. The van der Waals surface area contributed by atoms with Gasteiger partial charge in [0, 0.05) is 0 Å². The van der Waals surface area contributed by atoms with E-state index in [2.05, 4.69) is 38.2 Å². The summed E-state index contributed by atoms with van der Waals surface area (Å²) >= 11 is 0. The van der Waals surface area contributed by atoms with E-state index in [0.717, 1.165) is 0 Å². The van der Waals surface area contributed by atoms with Crippen LogP contribution in [-0.4, -0.2) is 11.2 Å². The van der Waals surface area contributed by atoms with Gasteiger partial charge in [0.05, 0.1) is 5.60 Å². The van der Waals surface area contributed by atoms with Crippen molar-refractivity contribution in [2.24, 2.45) is 0 Å². The van der Waals surface area contributed by atoms with E-state index in [1.54, 1.807) is 0 Å². The van der Waals surface area contributed by atoms with Crippen LogP contribution in [0.4, 0.5) is 0 Å². The van der Waals surface area contributed by atoms with Crippen molar-refractivity contribution in [3.05, 3.63) is 24.3 Å². The topological polar surface area (TPSA) is 9.23 Å². The van der Waals surface area contributed by atoms with Gasteiger partial charge in [-0.1, -0.05) is 31.4 Å². The molecule has 0 radical (unpaired) electrons. The van der Waals surface area contributed by atoms with Crippen molar-refractivity contribution in [1.82, 2.24) is 0 Å². The van der Waals surface area contributed by atoms with Gasteiger partial charge in [-0.25, -0.2) is 0 Å². The van der Waals surface area contributed by atoms with Gasteiger partial charge in [0.1, 0.15) is 5.60 Å². The second-order valence-electron chi connectivity index (χ2n) is 5.01. The predicted octanol–water partition coefficient (Wildman–Crippen LogP) is 3.61. The van der Waals surface area contributed by atoms with Crippen LogP contribution in [0, 0.1) is 0 Å². The summed E-state index contributed by atoms with van der Waals surface area (Å²) in [6.45, 7) is 4.41. The molecule has 2 rings (SSSR count). The van der Waals surface area contributed by atoms with Gasteiger partial charge in [0.15, 0.2) is 0 Å². The Morgan fingerprint density at radius 2 is 1.50 bits per heavy atom. The van der Waals surface area contributed by atoms with Crippen molar-refractivity contribution in [3.63, 3.8) is 0 Å². The molecule has 14 heavy (non-hydrogen) atoms. The summed E-state index contributed by atoms with van der Waals surface area (Å²) in [7, 11) is 0. The second-order valence-corrected chi connectivity index (χ2v) is 5.01. The van der Waals surface area contributed by atoms with E-state index in [0.29, 0.717) is 0 Å². The molecule has 0 N–H and O–H groups in total. The molecule has 78 valence electrons. The van der Waals surface area contributed by atoms with Crippen molar-refractivity contribution in [2.45, 2.75) is 57.2 Å². The third-order valence-electron chi connectivity index (χ3n) is 3.34. The Morgan fingerprint density at radius 3 is 2.07 bits per heavy atom. The minimum absolute atomic E-state index is 0.103. The van der Waals surface area contributed by atoms with Crippen LogP contribution in [-0.2, 0) is 4.74 Å². The van der Waals surface area contributed by atoms with E-state index < -0.39 is 0 Å². The maximum Gasteiger partial charge on any atom is 0.103 e. The molecule has 1 saturated carbocycles. The average Bonchev–Trinajstić information content (AvgIpc) is 2.52. The predicted molar refractivity (Wildman–Crippen MR) is 59.3 cm³/mol. The van der Waals surface area contributed by atoms with Crippen LogP contribution in [0.2, 0.25) is 0 Å². The molecule has 1 fully saturated rings. The molecule has 0 bridgehead atoms. The molecule has 0 aromatic rings. The molecule has 0 aromatic heterocycles. The summed E-state index contributed by atoms with van der Waals surface area (Å²) in [6.07, 6.45) is 14.9. The Morgan fingerprint density at radius 1 is 0.929 bits per heavy atom. The molecular formula is C13H20O. The Kier molecular flexibility index (Phi) is 2.52. The first-order valence-electron chi connectivity index (χ1n) is 5.69. The summed E-state index contributed by atoms with van der Waals surface area (Å²) in [5.74, 6) is 0. The SMILES string of the molecule is CC1(OC2(C)CCCCC2)C=CC=C1. The van der Waals surface area contributed by atoms with Gasteiger partial charge < -0.3 is 4.74 Å². The van der Waals surface area contributed by atoms with Crippen molar-refractivity contribution in [2.75, 3.05) is 0 Å². The molecule has 2 aliphatic rings. The van der Waals surface area contributed by atoms with Crippen molar-refractivity contribution < 1.29 is 4.74 Å². The van der Waals surface area contributed by atoms with Crippen LogP contribution in [0.3, 0.4) is 0 Å². The summed E-state index contributed by atoms with van der Waals surface area (Å²) in [4.78, 5) is 0. The second kappa shape index (κ2) is 3.54. The number of hydrogen-bond acceptors (Lipinski definition) is 1. The summed E-state index contributed by atoms with van der Waals surface area (Å²) in [5, 5.41) is 0. The highest BCUT2D eigenvalue weighted by atomic mass is 16.5. The number of hydrogen-bond donors (Lipinski definition) is 0. The maximum atomic E-state index is 6.25. The van der Waals surface area contributed by atoms with Gasteiger partial charge in [-0.3, -0.25) is 0 Å². The lowest BCUT2D eigenvalue weighted by Crippen LogP contribution is -2.39. The highest BCUT2D eigenvalue weighted by Crippen LogP contribution is 2.36. The van der Waals surface area contributed by atoms with E-state index >= 15 is 0 Å². The monoisotopic (exact) mass is 192 g/mol. The van der Waals surface area contributed by atoms with Crippen LogP contribution in [0.1, 0.15) is 46.0 Å². The molecule has 0 heterocycles. The van der Waals surface area contributed by atoms with E-state index in [1.165, 1.54) is 32.1 Å². The lowest BCUT2D eigenvalue weighted by Gasteiger charge is -2.39. The Hall–Kier alpha value is -0.560. The minimum Gasteiger partial charge on any atom is -0.361 e. The molecule has 0 atom stereocenters. The van der Waals surface area contributed by atoms with E-state index in [-0.39, 0.29) is 11.2 Å². The van der Waals surface area contributed by atoms with Gasteiger partial charge in [-0.2, -0.15) is 0 Å². The van der Waals surface area contributed by atoms with Crippen molar-refractivity contribution in [3.8, 4) is 0 Å².